The molecule has 3 heterocycles. The van der Waals surface area contributed by atoms with Crippen LogP contribution in [-0.4, -0.2) is 106 Å². The summed E-state index contributed by atoms with van der Waals surface area (Å²) in [5, 5.41) is 0. The molecule has 11 atom stereocenters. The zero-order chi connectivity index (χ0) is 41.6. The van der Waals surface area contributed by atoms with Crippen molar-refractivity contribution in [3.05, 3.63) is 96.1 Å². The Morgan fingerprint density at radius 3 is 1.86 bits per heavy atom. The van der Waals surface area contributed by atoms with Crippen molar-refractivity contribution >= 4 is 45.8 Å². The van der Waals surface area contributed by atoms with Gasteiger partial charge in [0.2, 0.25) is 0 Å². The molecule has 0 aliphatic carbocycles. The molecule has 3 saturated heterocycles. The van der Waals surface area contributed by atoms with Gasteiger partial charge in [0.15, 0.2) is 37.0 Å². The van der Waals surface area contributed by atoms with Crippen molar-refractivity contribution < 1.29 is 74.4 Å². The molecule has 0 spiro atoms. The first-order chi connectivity index (χ1) is 27.7. The predicted molar refractivity (Wildman–Crippen MR) is 201 cm³/mol. The number of rotatable bonds is 13. The minimum absolute atomic E-state index is 0.101. The average Bonchev–Trinajstić information content (AvgIpc) is 3.17. The van der Waals surface area contributed by atoms with Crippen LogP contribution in [0.25, 0.3) is 0 Å². The van der Waals surface area contributed by atoms with E-state index in [2.05, 4.69) is 0 Å². The van der Waals surface area contributed by atoms with E-state index in [1.54, 1.807) is 73.7 Å². The van der Waals surface area contributed by atoms with Crippen molar-refractivity contribution in [2.24, 2.45) is 0 Å². The van der Waals surface area contributed by atoms with E-state index in [1.807, 2.05) is 6.07 Å². The van der Waals surface area contributed by atoms with Gasteiger partial charge in [-0.15, -0.1) is 0 Å². The van der Waals surface area contributed by atoms with Crippen molar-refractivity contribution in [2.75, 3.05) is 13.2 Å². The largest absolute Gasteiger partial charge is 0.456 e. The summed E-state index contributed by atoms with van der Waals surface area (Å²) in [5.74, 6) is -3.11. The van der Waals surface area contributed by atoms with E-state index in [0.29, 0.717) is 10.5 Å². The van der Waals surface area contributed by atoms with Crippen molar-refractivity contribution in [1.29, 1.82) is 0 Å². The van der Waals surface area contributed by atoms with Crippen LogP contribution in [0, 0.1) is 6.92 Å². The summed E-state index contributed by atoms with van der Waals surface area (Å²) in [7, 11) is -4.40. The van der Waals surface area contributed by atoms with Crippen LogP contribution in [0.15, 0.2) is 94.7 Å². The minimum Gasteiger partial charge on any atom is -0.456 e. The summed E-state index contributed by atoms with van der Waals surface area (Å²) >= 11 is 1.12. The summed E-state index contributed by atoms with van der Waals surface area (Å²) in [6, 6.07) is 23.9. The molecule has 3 aliphatic heterocycles. The smallest absolute Gasteiger partial charge is 0.303 e. The first-order valence-electron chi connectivity index (χ1n) is 18.3. The summed E-state index contributed by atoms with van der Waals surface area (Å²) in [5.41, 5.74) is 0.366. The highest BCUT2D eigenvalue weighted by Gasteiger charge is 2.58. The molecule has 3 aliphatic rings. The molecule has 0 radical (unpaired) electrons. The summed E-state index contributed by atoms with van der Waals surface area (Å²) in [6.45, 7) is 5.58. The van der Waals surface area contributed by atoms with E-state index >= 15 is 0 Å². The lowest BCUT2D eigenvalue weighted by Gasteiger charge is -2.50. The number of hydrogen-bond donors (Lipinski definition) is 0. The van der Waals surface area contributed by atoms with Crippen LogP contribution in [-0.2, 0) is 76.1 Å². The van der Waals surface area contributed by atoms with Crippen LogP contribution in [0.4, 0.5) is 0 Å². The van der Waals surface area contributed by atoms with Gasteiger partial charge in [0, 0.05) is 38.2 Å². The number of carbonyl (C=O) groups excluding carboxylic acids is 4. The molecule has 0 saturated carbocycles. The van der Waals surface area contributed by atoms with Crippen LogP contribution < -0.4 is 0 Å². The maximum Gasteiger partial charge on any atom is 0.303 e. The minimum atomic E-state index is -4.40. The lowest BCUT2D eigenvalue weighted by molar-refractivity contribution is -0.378. The van der Waals surface area contributed by atoms with Gasteiger partial charge < -0.3 is 42.6 Å². The molecule has 312 valence electrons. The standard InChI is InChI=1S/C40H44O16S2/c1-22-16-18-29(19-17-22)58(45,46)48-21-31-33(35(50-24(3)42)37(52-26(5)44)40(54-31)57-28-14-10-7-11-15-28)56-39-36(51-25(4)43)34(49-23(2)41)32-30(53-39)20-47-38(55-32)27-12-8-6-9-13-27/h6-19,30-40H,20-21H2,1-5H3/t30-,31-,32-,33-,34+,35+,36-,37-,38-,39+,40+/m1/s1. The van der Waals surface area contributed by atoms with Crippen LogP contribution in [0.3, 0.4) is 0 Å². The molecular weight excluding hydrogens is 801 g/mol. The number of benzene rings is 3. The van der Waals surface area contributed by atoms with Gasteiger partial charge >= 0.3 is 23.9 Å². The zero-order valence-electron chi connectivity index (χ0n) is 32.2. The molecule has 0 unspecified atom stereocenters. The zero-order valence-corrected chi connectivity index (χ0v) is 33.8. The monoisotopic (exact) mass is 844 g/mol. The lowest BCUT2D eigenvalue weighted by atomic mass is 9.96. The normalized spacial score (nSPS) is 29.6. The molecule has 3 aromatic carbocycles. The fourth-order valence-corrected chi connectivity index (χ4v) is 8.75. The molecule has 0 bridgehead atoms. The molecule has 0 aromatic heterocycles. The number of carbonyl (C=O) groups is 4. The highest BCUT2D eigenvalue weighted by molar-refractivity contribution is 7.99. The highest BCUT2D eigenvalue weighted by Crippen LogP contribution is 2.41. The van der Waals surface area contributed by atoms with E-state index < -0.39 is 107 Å². The molecule has 16 nitrogen and oxygen atoms in total. The third-order valence-electron chi connectivity index (χ3n) is 9.14. The Balaban J connectivity index is 1.39. The van der Waals surface area contributed by atoms with Gasteiger partial charge in [0.05, 0.1) is 18.1 Å². The Morgan fingerprint density at radius 2 is 1.24 bits per heavy atom. The van der Waals surface area contributed by atoms with Crippen LogP contribution >= 0.6 is 11.8 Å². The fourth-order valence-electron chi connectivity index (χ4n) is 6.71. The predicted octanol–water partition coefficient (Wildman–Crippen LogP) is 4.17. The maximum absolute atomic E-state index is 13.5. The van der Waals surface area contributed by atoms with Crippen LogP contribution in [0.5, 0.6) is 0 Å². The summed E-state index contributed by atoms with van der Waals surface area (Å²) in [4.78, 5) is 51.3. The van der Waals surface area contributed by atoms with Crippen molar-refractivity contribution in [1.82, 2.24) is 0 Å². The third-order valence-corrected chi connectivity index (χ3v) is 11.6. The van der Waals surface area contributed by atoms with Gasteiger partial charge in [-0.3, -0.25) is 23.4 Å². The Kier molecular flexibility index (Phi) is 14.2. The van der Waals surface area contributed by atoms with Gasteiger partial charge in [-0.2, -0.15) is 8.42 Å². The summed E-state index contributed by atoms with van der Waals surface area (Å²) < 4.78 is 87.3. The van der Waals surface area contributed by atoms with E-state index in [1.165, 1.54) is 19.1 Å². The van der Waals surface area contributed by atoms with Crippen LogP contribution in [0.2, 0.25) is 0 Å². The van der Waals surface area contributed by atoms with E-state index in [9.17, 15) is 27.6 Å². The van der Waals surface area contributed by atoms with Gasteiger partial charge in [-0.1, -0.05) is 78.0 Å². The molecule has 0 N–H and O–H groups in total. The summed E-state index contributed by atoms with van der Waals surface area (Å²) in [6.07, 6.45) is -13.2. The molecule has 3 aromatic rings. The second-order valence-electron chi connectivity index (χ2n) is 13.6. The lowest BCUT2D eigenvalue weighted by Crippen LogP contribution is -2.67. The molecule has 0 amide bonds. The molecule has 18 heteroatoms. The van der Waals surface area contributed by atoms with Crippen molar-refractivity contribution in [3.8, 4) is 0 Å². The highest BCUT2D eigenvalue weighted by atomic mass is 32.2. The number of fused-ring (bicyclic) bond motifs is 1. The Morgan fingerprint density at radius 1 is 0.672 bits per heavy atom. The molecule has 3 fully saturated rings. The van der Waals surface area contributed by atoms with Gasteiger partial charge in [0.1, 0.15) is 29.9 Å². The number of esters is 4. The van der Waals surface area contributed by atoms with Crippen molar-refractivity contribution in [3.63, 3.8) is 0 Å². The maximum atomic E-state index is 13.5. The molecule has 6 rings (SSSR count). The quantitative estimate of drug-likeness (QED) is 0.135. The Labute approximate surface area is 339 Å². The topological polar surface area (TPSA) is 195 Å². The first kappa shape index (κ1) is 43.2. The number of thioether (sulfide) groups is 1. The van der Waals surface area contributed by atoms with Crippen LogP contribution in [0.1, 0.15) is 45.1 Å². The number of aryl methyl sites for hydroxylation is 1. The average molecular weight is 845 g/mol. The van der Waals surface area contributed by atoms with E-state index in [0.717, 1.165) is 38.1 Å². The first-order valence-corrected chi connectivity index (χ1v) is 20.6. The van der Waals surface area contributed by atoms with Gasteiger partial charge in [0.25, 0.3) is 10.1 Å². The van der Waals surface area contributed by atoms with Gasteiger partial charge in [-0.25, -0.2) is 0 Å². The number of ether oxygens (including phenoxy) is 9. The molecular formula is C40H44O16S2. The van der Waals surface area contributed by atoms with E-state index in [-0.39, 0.29) is 11.5 Å². The SMILES string of the molecule is CC(=O)O[C@@H]1[C@@H](OC(C)=O)[C@H](Sc2ccccc2)O[C@H](COS(=O)(=O)c2ccc(C)cc2)[C@H]1O[C@@H]1O[C@@H]2CO[C@@H](c3ccccc3)O[C@H]2[C@H](OC(C)=O)[C@H]1OC(C)=O. The van der Waals surface area contributed by atoms with E-state index in [4.69, 9.17) is 46.8 Å². The third kappa shape index (κ3) is 10.8. The fraction of sp³-hybridized carbons (Fsp3) is 0.450. The second-order valence-corrected chi connectivity index (χ2v) is 16.4. The Hall–Kier alpha value is -4.40. The second kappa shape index (κ2) is 19.1. The van der Waals surface area contributed by atoms with Gasteiger partial charge in [-0.05, 0) is 31.2 Å². The molecule has 58 heavy (non-hydrogen) atoms. The number of hydrogen-bond acceptors (Lipinski definition) is 17. The Bertz CT molecular complexity index is 2000. The van der Waals surface area contributed by atoms with Crippen molar-refractivity contribution in [2.45, 2.75) is 111 Å².